The second-order valence-corrected chi connectivity index (χ2v) is 13.4. The molecule has 0 aliphatic carbocycles. The first-order chi connectivity index (χ1) is 23.7. The van der Waals surface area contributed by atoms with Gasteiger partial charge in [0, 0.05) is 26.5 Å². The number of aliphatic hydroxyl groups excluding tert-OH is 2. The Hall–Kier alpha value is -2.28. The van der Waals surface area contributed by atoms with Gasteiger partial charge in [0.15, 0.2) is 12.4 Å². The number of esters is 1. The number of hydrogen-bond acceptors (Lipinski definition) is 9. The number of carbonyl (C=O) groups is 4. The topological polar surface area (TPSA) is 164 Å². The zero-order chi connectivity index (χ0) is 36.3. The number of nitrogens with one attached hydrogen (secondary N) is 2. The van der Waals surface area contributed by atoms with Crippen molar-refractivity contribution in [2.45, 2.75) is 180 Å². The van der Waals surface area contributed by atoms with Crippen LogP contribution in [0.5, 0.6) is 0 Å². The highest BCUT2D eigenvalue weighted by molar-refractivity contribution is 5.85. The highest BCUT2D eigenvalue weighted by atomic mass is 16.7. The predicted octanol–water partition coefficient (Wildman–Crippen LogP) is 4.91. The third-order valence-electron chi connectivity index (χ3n) is 9.02. The van der Waals surface area contributed by atoms with Gasteiger partial charge in [0.1, 0.15) is 24.8 Å². The first kappa shape index (κ1) is 44.7. The lowest BCUT2D eigenvalue weighted by atomic mass is 9.96. The van der Waals surface area contributed by atoms with Crippen LogP contribution in [-0.4, -0.2) is 103 Å². The molecule has 12 heteroatoms. The molecule has 3 amide bonds. The fourth-order valence-corrected chi connectivity index (χ4v) is 6.03. The highest BCUT2D eigenvalue weighted by Crippen LogP contribution is 2.25. The zero-order valence-corrected chi connectivity index (χ0v) is 31.1. The lowest BCUT2D eigenvalue weighted by Crippen LogP contribution is -2.66. The van der Waals surface area contributed by atoms with Gasteiger partial charge in [-0.2, -0.15) is 0 Å². The summed E-state index contributed by atoms with van der Waals surface area (Å²) in [5.74, 6) is -1.79. The largest absolute Gasteiger partial charge is 0.456 e. The van der Waals surface area contributed by atoms with Crippen molar-refractivity contribution in [3.05, 3.63) is 0 Å². The smallest absolute Gasteiger partial charge is 0.325 e. The maximum absolute atomic E-state index is 13.1. The molecule has 0 saturated carbocycles. The normalized spacial score (nSPS) is 20.5. The summed E-state index contributed by atoms with van der Waals surface area (Å²) in [6.07, 6.45) is 15.9. The van der Waals surface area contributed by atoms with Gasteiger partial charge in [0.05, 0.1) is 13.2 Å². The van der Waals surface area contributed by atoms with E-state index >= 15 is 0 Å². The van der Waals surface area contributed by atoms with E-state index in [0.29, 0.717) is 12.8 Å². The van der Waals surface area contributed by atoms with Crippen LogP contribution in [0.1, 0.15) is 149 Å². The molecule has 0 bridgehead atoms. The molecule has 0 spiro atoms. The Morgan fingerprint density at radius 1 is 0.735 bits per heavy atom. The van der Waals surface area contributed by atoms with E-state index < -0.39 is 55.7 Å². The standard InChI is InChI=1S/C37H69N3O9/c1-5-8-10-12-14-16-18-20-22-24-30(42)38-26-33(45)49-36-34(37(47-7-3)48-29(28-41)35(36)46)39-31(43)27-40(4)32(44)25-23-21-19-17-15-13-11-9-6-2/h29,34-37,41,46H,5-28H2,1-4H3,(H,38,42)(H,39,43)/t29-,34-,35-,36-,37+/m1/s1. The molecule has 1 aliphatic heterocycles. The number of rotatable bonds is 29. The number of unbranched alkanes of at least 4 members (excludes halogenated alkanes) is 16. The monoisotopic (exact) mass is 700 g/mol. The van der Waals surface area contributed by atoms with Crippen molar-refractivity contribution in [2.75, 3.05) is 33.4 Å². The summed E-state index contributed by atoms with van der Waals surface area (Å²) >= 11 is 0. The number of nitrogens with zero attached hydrogens (tertiary/aromatic N) is 1. The van der Waals surface area contributed by atoms with Crippen molar-refractivity contribution >= 4 is 23.7 Å². The lowest BCUT2D eigenvalue weighted by Gasteiger charge is -2.43. The summed E-state index contributed by atoms with van der Waals surface area (Å²) in [5, 5.41) is 26.0. The number of carbonyl (C=O) groups excluding carboxylic acids is 4. The molecule has 5 atom stereocenters. The van der Waals surface area contributed by atoms with Gasteiger partial charge in [-0.25, -0.2) is 0 Å². The molecule has 0 unspecified atom stereocenters. The minimum atomic E-state index is -1.49. The van der Waals surface area contributed by atoms with Crippen molar-refractivity contribution in [1.29, 1.82) is 0 Å². The Bertz CT molecular complexity index is 906. The average molecular weight is 700 g/mol. The molecule has 286 valence electrons. The molecule has 1 heterocycles. The maximum Gasteiger partial charge on any atom is 0.325 e. The fraction of sp³-hybridized carbons (Fsp3) is 0.892. The SMILES string of the molecule is CCCCCCCCCCCC(=O)NCC(=O)O[C@H]1[C@H](O)[C@@H](CO)O[C@H](OCC)[C@@H]1NC(=O)CN(C)C(=O)CCCCCCCCCCC. The summed E-state index contributed by atoms with van der Waals surface area (Å²) < 4.78 is 16.9. The molecule has 12 nitrogen and oxygen atoms in total. The van der Waals surface area contributed by atoms with Crippen molar-refractivity contribution in [3.63, 3.8) is 0 Å². The molecular weight excluding hydrogens is 630 g/mol. The van der Waals surface area contributed by atoms with E-state index in [2.05, 4.69) is 24.5 Å². The van der Waals surface area contributed by atoms with Crippen molar-refractivity contribution in [3.8, 4) is 0 Å². The third kappa shape index (κ3) is 20.2. The Morgan fingerprint density at radius 3 is 1.76 bits per heavy atom. The highest BCUT2D eigenvalue weighted by Gasteiger charge is 2.48. The lowest BCUT2D eigenvalue weighted by molar-refractivity contribution is -0.272. The predicted molar refractivity (Wildman–Crippen MR) is 190 cm³/mol. The molecule has 0 aromatic carbocycles. The first-order valence-electron chi connectivity index (χ1n) is 19.2. The van der Waals surface area contributed by atoms with E-state index in [1.165, 1.54) is 75.5 Å². The van der Waals surface area contributed by atoms with E-state index in [4.69, 9.17) is 14.2 Å². The van der Waals surface area contributed by atoms with Crippen LogP contribution in [0.15, 0.2) is 0 Å². The molecule has 1 aliphatic rings. The molecule has 0 aromatic heterocycles. The Labute approximate surface area is 295 Å². The minimum Gasteiger partial charge on any atom is -0.456 e. The third-order valence-corrected chi connectivity index (χ3v) is 9.02. The second kappa shape index (κ2) is 28.4. The Kier molecular flexibility index (Phi) is 26.0. The van der Waals surface area contributed by atoms with Gasteiger partial charge < -0.3 is 40.0 Å². The van der Waals surface area contributed by atoms with Gasteiger partial charge >= 0.3 is 5.97 Å². The van der Waals surface area contributed by atoms with E-state index in [9.17, 15) is 29.4 Å². The summed E-state index contributed by atoms with van der Waals surface area (Å²) in [6, 6.07) is -1.13. The quantitative estimate of drug-likeness (QED) is 0.0627. The van der Waals surface area contributed by atoms with Crippen molar-refractivity contribution in [1.82, 2.24) is 15.5 Å². The van der Waals surface area contributed by atoms with Gasteiger partial charge in [-0.1, -0.05) is 117 Å². The minimum absolute atomic E-state index is 0.152. The van der Waals surface area contributed by atoms with Gasteiger partial charge in [0.25, 0.3) is 0 Å². The summed E-state index contributed by atoms with van der Waals surface area (Å²) in [5.41, 5.74) is 0. The van der Waals surface area contributed by atoms with Gasteiger partial charge in [-0.3, -0.25) is 19.2 Å². The molecule has 1 saturated heterocycles. The average Bonchev–Trinajstić information content (AvgIpc) is 3.08. The number of likely N-dealkylation sites (N-methyl/N-ethyl adjacent to an activating group) is 1. The Balaban J connectivity index is 2.59. The second-order valence-electron chi connectivity index (χ2n) is 13.4. The number of ether oxygens (including phenoxy) is 3. The van der Waals surface area contributed by atoms with E-state index in [-0.39, 0.29) is 25.0 Å². The molecular formula is C37H69N3O9. The van der Waals surface area contributed by atoms with Crippen LogP contribution in [0.25, 0.3) is 0 Å². The molecule has 49 heavy (non-hydrogen) atoms. The van der Waals surface area contributed by atoms with E-state index in [0.717, 1.165) is 44.9 Å². The van der Waals surface area contributed by atoms with Crippen LogP contribution >= 0.6 is 0 Å². The summed E-state index contributed by atoms with van der Waals surface area (Å²) in [6.45, 7) is 5.05. The molecule has 1 rings (SSSR count). The maximum atomic E-state index is 13.1. The van der Waals surface area contributed by atoms with Gasteiger partial charge in [-0.05, 0) is 19.8 Å². The number of amides is 3. The first-order valence-corrected chi connectivity index (χ1v) is 19.2. The van der Waals surface area contributed by atoms with Crippen LogP contribution in [0.2, 0.25) is 0 Å². The van der Waals surface area contributed by atoms with Crippen molar-refractivity contribution in [2.24, 2.45) is 0 Å². The number of aliphatic hydroxyl groups is 2. The summed E-state index contributed by atoms with van der Waals surface area (Å²) in [7, 11) is 1.55. The Morgan fingerprint density at radius 2 is 1.24 bits per heavy atom. The fourth-order valence-electron chi connectivity index (χ4n) is 6.03. The molecule has 0 radical (unpaired) electrons. The summed E-state index contributed by atoms with van der Waals surface area (Å²) in [4.78, 5) is 52.3. The van der Waals surface area contributed by atoms with Gasteiger partial charge in [-0.15, -0.1) is 0 Å². The van der Waals surface area contributed by atoms with E-state index in [1.807, 2.05) is 0 Å². The van der Waals surface area contributed by atoms with Crippen LogP contribution in [-0.2, 0) is 33.4 Å². The van der Waals surface area contributed by atoms with Crippen LogP contribution in [0.3, 0.4) is 0 Å². The van der Waals surface area contributed by atoms with Gasteiger partial charge in [0.2, 0.25) is 17.7 Å². The molecule has 1 fully saturated rings. The van der Waals surface area contributed by atoms with Crippen LogP contribution < -0.4 is 10.6 Å². The molecule has 4 N–H and O–H groups in total. The van der Waals surface area contributed by atoms with E-state index in [1.54, 1.807) is 14.0 Å². The zero-order valence-electron chi connectivity index (χ0n) is 31.1. The van der Waals surface area contributed by atoms with Crippen molar-refractivity contribution < 1.29 is 43.6 Å². The molecule has 0 aromatic rings. The van der Waals surface area contributed by atoms with Crippen LogP contribution in [0, 0.1) is 0 Å². The van der Waals surface area contributed by atoms with Crippen LogP contribution in [0.4, 0.5) is 0 Å². The number of hydrogen-bond donors (Lipinski definition) is 4.